The molecule has 0 aliphatic carbocycles. The van der Waals surface area contributed by atoms with Crippen LogP contribution in [0.15, 0.2) is 5.16 Å². The molecule has 1 heterocycles. The molecule has 0 radical (unpaired) electrons. The predicted molar refractivity (Wildman–Crippen MR) is 25.1 cm³/mol. The Kier molecular flexibility index (Phi) is 1.80. The van der Waals surface area contributed by atoms with Gasteiger partial charge in [0.25, 0.3) is 0 Å². The van der Waals surface area contributed by atoms with E-state index >= 15 is 0 Å². The van der Waals surface area contributed by atoms with E-state index in [0.29, 0.717) is 0 Å². The number of ether oxygens (including phenoxy) is 1. The van der Waals surface area contributed by atoms with Gasteiger partial charge < -0.3 is 4.84 Å². The Morgan fingerprint density at radius 3 is 2.70 bits per heavy atom. The van der Waals surface area contributed by atoms with Gasteiger partial charge in [-0.15, -0.1) is 13.2 Å². The Balaban J connectivity index is 2.26. The number of oxime groups is 1. The van der Waals surface area contributed by atoms with E-state index in [9.17, 15) is 13.2 Å². The molecule has 0 aromatic carbocycles. The van der Waals surface area contributed by atoms with Gasteiger partial charge in [-0.25, -0.2) is 4.74 Å². The van der Waals surface area contributed by atoms with Crippen molar-refractivity contribution in [1.29, 1.82) is 0 Å². The monoisotopic (exact) mass is 155 g/mol. The minimum absolute atomic E-state index is 0.0412. The summed E-state index contributed by atoms with van der Waals surface area (Å²) in [5.74, 6) is 0. The van der Waals surface area contributed by atoms with Crippen molar-refractivity contribution in [2.75, 3.05) is 0 Å². The van der Waals surface area contributed by atoms with Crippen molar-refractivity contribution in [3.05, 3.63) is 0 Å². The molecule has 0 N–H and O–H groups in total. The predicted octanol–water partition coefficient (Wildman–Crippen LogP) is 1.25. The molecule has 1 aliphatic rings. The zero-order valence-electron chi connectivity index (χ0n) is 4.76. The number of hydrogen-bond acceptors (Lipinski definition) is 3. The molecule has 58 valence electrons. The van der Waals surface area contributed by atoms with E-state index in [4.69, 9.17) is 0 Å². The Morgan fingerprint density at radius 2 is 2.30 bits per heavy atom. The fourth-order valence-electron chi connectivity index (χ4n) is 0.502. The second-order valence-electron chi connectivity index (χ2n) is 1.62. The lowest BCUT2D eigenvalue weighted by atomic mass is 10.5. The molecular formula is C4H4F3NO2. The lowest BCUT2D eigenvalue weighted by molar-refractivity contribution is -0.374. The van der Waals surface area contributed by atoms with Crippen molar-refractivity contribution < 1.29 is 22.7 Å². The third-order valence-corrected chi connectivity index (χ3v) is 0.816. The number of halogens is 3. The molecule has 1 unspecified atom stereocenters. The van der Waals surface area contributed by atoms with Gasteiger partial charge in [0.15, 0.2) is 0 Å². The third-order valence-electron chi connectivity index (χ3n) is 0.816. The van der Waals surface area contributed by atoms with Crippen molar-refractivity contribution in [3.8, 4) is 0 Å². The Labute approximate surface area is 54.4 Å². The highest BCUT2D eigenvalue weighted by molar-refractivity contribution is 5.58. The summed E-state index contributed by atoms with van der Waals surface area (Å²) in [6, 6.07) is 0. The van der Waals surface area contributed by atoms with Gasteiger partial charge in [-0.05, 0) is 0 Å². The second kappa shape index (κ2) is 2.45. The average Bonchev–Trinajstić information content (AvgIpc) is 2.12. The van der Waals surface area contributed by atoms with Crippen molar-refractivity contribution in [3.63, 3.8) is 0 Å². The van der Waals surface area contributed by atoms with Crippen LogP contribution in [0.5, 0.6) is 0 Å². The summed E-state index contributed by atoms with van der Waals surface area (Å²) >= 11 is 0. The highest BCUT2D eigenvalue weighted by Crippen LogP contribution is 2.21. The van der Waals surface area contributed by atoms with Gasteiger partial charge in [-0.2, -0.15) is 0 Å². The normalized spacial score (nSPS) is 24.9. The van der Waals surface area contributed by atoms with Crippen LogP contribution in [0, 0.1) is 0 Å². The zero-order valence-corrected chi connectivity index (χ0v) is 4.76. The fourth-order valence-corrected chi connectivity index (χ4v) is 0.502. The summed E-state index contributed by atoms with van der Waals surface area (Å²) in [4.78, 5) is 4.16. The maximum atomic E-state index is 11.3. The highest BCUT2D eigenvalue weighted by atomic mass is 19.4. The van der Waals surface area contributed by atoms with Crippen LogP contribution in [0.2, 0.25) is 0 Å². The first-order valence-electron chi connectivity index (χ1n) is 2.50. The van der Waals surface area contributed by atoms with Gasteiger partial charge in [0.05, 0.1) is 12.6 Å². The Morgan fingerprint density at radius 1 is 1.60 bits per heavy atom. The molecule has 6 heteroatoms. The quantitative estimate of drug-likeness (QED) is 0.570. The molecule has 0 spiro atoms. The summed E-state index contributed by atoms with van der Waals surface area (Å²) in [6.45, 7) is 0. The van der Waals surface area contributed by atoms with Gasteiger partial charge >= 0.3 is 6.36 Å². The van der Waals surface area contributed by atoms with Crippen molar-refractivity contribution >= 4 is 6.21 Å². The van der Waals surface area contributed by atoms with E-state index in [2.05, 4.69) is 14.7 Å². The molecule has 0 aromatic heterocycles. The minimum atomic E-state index is -4.64. The van der Waals surface area contributed by atoms with Gasteiger partial charge in [0.2, 0.25) is 6.29 Å². The van der Waals surface area contributed by atoms with Gasteiger partial charge in [-0.1, -0.05) is 5.16 Å². The van der Waals surface area contributed by atoms with Gasteiger partial charge in [-0.3, -0.25) is 0 Å². The van der Waals surface area contributed by atoms with E-state index in [1.54, 1.807) is 0 Å². The topological polar surface area (TPSA) is 30.8 Å². The minimum Gasteiger partial charge on any atom is -0.363 e. The van der Waals surface area contributed by atoms with E-state index in [0.717, 1.165) is 0 Å². The first kappa shape index (κ1) is 7.33. The molecule has 1 atom stereocenters. The summed E-state index contributed by atoms with van der Waals surface area (Å²) < 4.78 is 37.5. The first-order valence-corrected chi connectivity index (χ1v) is 2.50. The number of rotatable bonds is 1. The molecule has 3 nitrogen and oxygen atoms in total. The van der Waals surface area contributed by atoms with Crippen LogP contribution in [-0.4, -0.2) is 18.9 Å². The summed E-state index contributed by atoms with van der Waals surface area (Å²) in [5.41, 5.74) is 0. The van der Waals surface area contributed by atoms with Crippen LogP contribution in [0.25, 0.3) is 0 Å². The SMILES string of the molecule is FC(F)(F)OC1CC=NO1. The standard InChI is InChI=1S/C4H4F3NO2/c5-4(6,7)9-3-1-2-8-10-3/h2-3H,1H2. The molecule has 0 saturated carbocycles. The molecule has 0 aromatic rings. The molecule has 0 saturated heterocycles. The molecule has 10 heavy (non-hydrogen) atoms. The molecule has 0 fully saturated rings. The lowest BCUT2D eigenvalue weighted by Gasteiger charge is -2.10. The van der Waals surface area contributed by atoms with E-state index in [1.165, 1.54) is 6.21 Å². The van der Waals surface area contributed by atoms with Crippen LogP contribution in [0.3, 0.4) is 0 Å². The maximum absolute atomic E-state index is 11.3. The Bertz CT molecular complexity index is 136. The largest absolute Gasteiger partial charge is 0.525 e. The molecule has 1 rings (SSSR count). The summed E-state index contributed by atoms with van der Waals surface area (Å²) in [7, 11) is 0. The van der Waals surface area contributed by atoms with E-state index in [-0.39, 0.29) is 6.42 Å². The molecule has 0 amide bonds. The average molecular weight is 155 g/mol. The van der Waals surface area contributed by atoms with Crippen molar-refractivity contribution in [1.82, 2.24) is 0 Å². The smallest absolute Gasteiger partial charge is 0.363 e. The zero-order chi connectivity index (χ0) is 7.61. The van der Waals surface area contributed by atoms with E-state index < -0.39 is 12.7 Å². The maximum Gasteiger partial charge on any atom is 0.525 e. The van der Waals surface area contributed by atoms with Crippen LogP contribution < -0.4 is 0 Å². The van der Waals surface area contributed by atoms with Crippen LogP contribution >= 0.6 is 0 Å². The molecular weight excluding hydrogens is 151 g/mol. The molecule has 0 bridgehead atoms. The van der Waals surface area contributed by atoms with Crippen LogP contribution in [0.1, 0.15) is 6.42 Å². The third kappa shape index (κ3) is 2.22. The van der Waals surface area contributed by atoms with Crippen LogP contribution in [-0.2, 0) is 9.57 Å². The number of alkyl halides is 3. The second-order valence-corrected chi connectivity index (χ2v) is 1.62. The fraction of sp³-hybridized carbons (Fsp3) is 0.750. The van der Waals surface area contributed by atoms with Crippen molar-refractivity contribution in [2.24, 2.45) is 5.16 Å². The number of nitrogens with zero attached hydrogens (tertiary/aromatic N) is 1. The van der Waals surface area contributed by atoms with E-state index in [1.807, 2.05) is 0 Å². The highest BCUT2D eigenvalue weighted by Gasteiger charge is 2.35. The lowest BCUT2D eigenvalue weighted by Crippen LogP contribution is -2.22. The molecule has 1 aliphatic heterocycles. The number of hydrogen-bond donors (Lipinski definition) is 0. The van der Waals surface area contributed by atoms with Gasteiger partial charge in [0.1, 0.15) is 0 Å². The summed E-state index contributed by atoms with van der Waals surface area (Å²) in [5, 5.41) is 3.10. The summed E-state index contributed by atoms with van der Waals surface area (Å²) in [6.07, 6.45) is -4.67. The Hall–Kier alpha value is -0.780. The first-order chi connectivity index (χ1) is 4.58. The van der Waals surface area contributed by atoms with Gasteiger partial charge in [0, 0.05) is 0 Å². The van der Waals surface area contributed by atoms with Crippen molar-refractivity contribution in [2.45, 2.75) is 19.1 Å². The van der Waals surface area contributed by atoms with Crippen LogP contribution in [0.4, 0.5) is 13.2 Å².